The second kappa shape index (κ2) is 6.94. The second-order valence-corrected chi connectivity index (χ2v) is 8.26. The molecule has 3 nitrogen and oxygen atoms in total. The highest BCUT2D eigenvalue weighted by atomic mass is 32.1. The number of quaternary nitrogens is 1. The molecule has 1 amide bonds. The Morgan fingerprint density at radius 3 is 2.95 bits per heavy atom. The van der Waals surface area contributed by atoms with Gasteiger partial charge in [0.1, 0.15) is 6.04 Å². The van der Waals surface area contributed by atoms with Crippen LogP contribution in [0.15, 0.2) is 29.0 Å². The number of rotatable bonds is 5. The van der Waals surface area contributed by atoms with Gasteiger partial charge >= 0.3 is 0 Å². The molecule has 0 fully saturated rings. The molecule has 0 saturated carbocycles. The van der Waals surface area contributed by atoms with Crippen LogP contribution in [0.25, 0.3) is 0 Å². The van der Waals surface area contributed by atoms with E-state index in [-0.39, 0.29) is 5.91 Å². The number of carbonyl (C=O) groups excluding carboxylic acids is 1. The van der Waals surface area contributed by atoms with Gasteiger partial charge in [0.25, 0.3) is 5.91 Å². The molecule has 2 N–H and O–H groups in total. The van der Waals surface area contributed by atoms with E-state index in [1.54, 1.807) is 11.3 Å². The average Bonchev–Trinajstić information content (AvgIpc) is 3.15. The van der Waals surface area contributed by atoms with Crippen LogP contribution in [-0.2, 0) is 11.2 Å². The van der Waals surface area contributed by atoms with E-state index in [9.17, 15) is 4.79 Å². The Morgan fingerprint density at radius 2 is 2.23 bits per heavy atom. The monoisotopic (exact) mass is 335 g/mol. The molecule has 1 aliphatic heterocycles. The predicted octanol–water partition coefficient (Wildman–Crippen LogP) is 2.11. The van der Waals surface area contributed by atoms with Crippen LogP contribution in [-0.4, -0.2) is 25.5 Å². The molecule has 3 heterocycles. The van der Waals surface area contributed by atoms with E-state index in [2.05, 4.69) is 48.1 Å². The Bertz CT molecular complexity index is 618. The van der Waals surface area contributed by atoms with Gasteiger partial charge in [-0.2, -0.15) is 0 Å². The van der Waals surface area contributed by atoms with Crippen molar-refractivity contribution < 1.29 is 9.69 Å². The normalized spacial score (nSPS) is 20.9. The Hall–Kier alpha value is -1.17. The van der Waals surface area contributed by atoms with E-state index in [1.807, 2.05) is 11.3 Å². The third kappa shape index (κ3) is 3.42. The van der Waals surface area contributed by atoms with E-state index in [0.717, 1.165) is 19.5 Å². The summed E-state index contributed by atoms with van der Waals surface area (Å²) in [4.78, 5) is 16.5. The standard InChI is InChI=1S/C17H22N2OS2/c1-12(2)10-18-16(20)11-19-7-5-14-13(6-9-22-14)17(19)15-4-3-8-21-15/h3-4,6,8-9,12,17H,5,7,10-11H2,1-2H3,(H,18,20)/p+1/t17-/m1/s1. The van der Waals surface area contributed by atoms with E-state index in [1.165, 1.54) is 20.2 Å². The summed E-state index contributed by atoms with van der Waals surface area (Å²) in [5.41, 5.74) is 1.42. The first-order valence-electron chi connectivity index (χ1n) is 7.86. The van der Waals surface area contributed by atoms with Crippen molar-refractivity contribution in [3.63, 3.8) is 0 Å². The fourth-order valence-electron chi connectivity index (χ4n) is 3.04. The molecule has 3 rings (SSSR count). The van der Waals surface area contributed by atoms with Gasteiger partial charge in [-0.15, -0.1) is 22.7 Å². The largest absolute Gasteiger partial charge is 0.351 e. The van der Waals surface area contributed by atoms with E-state index < -0.39 is 0 Å². The fraction of sp³-hybridized carbons (Fsp3) is 0.471. The molecule has 2 atom stereocenters. The van der Waals surface area contributed by atoms with Gasteiger partial charge in [-0.25, -0.2) is 0 Å². The molecule has 2 aromatic rings. The molecule has 0 bridgehead atoms. The van der Waals surface area contributed by atoms with Crippen molar-refractivity contribution in [2.24, 2.45) is 5.92 Å². The van der Waals surface area contributed by atoms with Crippen molar-refractivity contribution in [1.29, 1.82) is 0 Å². The van der Waals surface area contributed by atoms with Crippen molar-refractivity contribution in [1.82, 2.24) is 5.32 Å². The van der Waals surface area contributed by atoms with Crippen LogP contribution < -0.4 is 10.2 Å². The van der Waals surface area contributed by atoms with Crippen LogP contribution in [0.4, 0.5) is 0 Å². The van der Waals surface area contributed by atoms with Crippen LogP contribution in [0.2, 0.25) is 0 Å². The van der Waals surface area contributed by atoms with Gasteiger partial charge in [0.05, 0.1) is 11.4 Å². The lowest BCUT2D eigenvalue weighted by Crippen LogP contribution is -3.14. The molecular formula is C17H23N2OS2+. The molecule has 22 heavy (non-hydrogen) atoms. The SMILES string of the molecule is CC(C)CNC(=O)C[NH+]1CCc2sccc2[C@@H]1c1cccs1. The molecule has 0 spiro atoms. The van der Waals surface area contributed by atoms with Crippen molar-refractivity contribution in [3.05, 3.63) is 44.3 Å². The van der Waals surface area contributed by atoms with Gasteiger partial charge < -0.3 is 10.2 Å². The minimum atomic E-state index is 0.170. The fourth-order valence-corrected chi connectivity index (χ4v) is 4.86. The maximum atomic E-state index is 12.3. The van der Waals surface area contributed by atoms with Crippen molar-refractivity contribution in [2.75, 3.05) is 19.6 Å². The quantitative estimate of drug-likeness (QED) is 0.862. The molecule has 118 valence electrons. The highest BCUT2D eigenvalue weighted by Gasteiger charge is 2.34. The molecule has 0 radical (unpaired) electrons. The first-order chi connectivity index (χ1) is 10.6. The maximum Gasteiger partial charge on any atom is 0.275 e. The number of hydrogen-bond acceptors (Lipinski definition) is 3. The summed E-state index contributed by atoms with van der Waals surface area (Å²) in [6.07, 6.45) is 1.08. The first-order valence-corrected chi connectivity index (χ1v) is 9.62. The van der Waals surface area contributed by atoms with E-state index >= 15 is 0 Å². The molecule has 2 aromatic heterocycles. The van der Waals surface area contributed by atoms with Gasteiger partial charge in [-0.3, -0.25) is 4.79 Å². The lowest BCUT2D eigenvalue weighted by molar-refractivity contribution is -0.919. The number of amides is 1. The first kappa shape index (κ1) is 15.7. The van der Waals surface area contributed by atoms with Gasteiger partial charge in [-0.05, 0) is 28.8 Å². The lowest BCUT2D eigenvalue weighted by Gasteiger charge is -2.31. The molecule has 0 aliphatic carbocycles. The summed E-state index contributed by atoms with van der Waals surface area (Å²) in [5, 5.41) is 7.38. The Morgan fingerprint density at radius 1 is 1.36 bits per heavy atom. The van der Waals surface area contributed by atoms with Gasteiger partial charge in [0.2, 0.25) is 0 Å². The Labute approximate surface area is 140 Å². The van der Waals surface area contributed by atoms with Crippen LogP contribution in [0.3, 0.4) is 0 Å². The smallest absolute Gasteiger partial charge is 0.275 e. The van der Waals surface area contributed by atoms with Crippen LogP contribution in [0.1, 0.15) is 35.2 Å². The summed E-state index contributed by atoms with van der Waals surface area (Å²) < 4.78 is 0. The van der Waals surface area contributed by atoms with E-state index in [0.29, 0.717) is 18.5 Å². The van der Waals surface area contributed by atoms with Gasteiger partial charge in [0.15, 0.2) is 6.54 Å². The number of thiophene rings is 2. The summed E-state index contributed by atoms with van der Waals surface area (Å²) in [6, 6.07) is 6.88. The number of fused-ring (bicyclic) bond motifs is 1. The number of carbonyl (C=O) groups is 1. The summed E-state index contributed by atoms with van der Waals surface area (Å²) in [5.74, 6) is 0.667. The zero-order valence-corrected chi connectivity index (χ0v) is 14.7. The van der Waals surface area contributed by atoms with Gasteiger partial charge in [0, 0.05) is 23.4 Å². The second-order valence-electron chi connectivity index (χ2n) is 6.28. The molecule has 1 unspecified atom stereocenters. The van der Waals surface area contributed by atoms with Crippen molar-refractivity contribution in [3.8, 4) is 0 Å². The maximum absolute atomic E-state index is 12.3. The summed E-state index contributed by atoms with van der Waals surface area (Å²) in [6.45, 7) is 6.61. The topological polar surface area (TPSA) is 33.5 Å². The van der Waals surface area contributed by atoms with Crippen LogP contribution in [0, 0.1) is 5.92 Å². The molecule has 0 aromatic carbocycles. The zero-order chi connectivity index (χ0) is 15.5. The van der Waals surface area contributed by atoms with Gasteiger partial charge in [-0.1, -0.05) is 19.9 Å². The Kier molecular flexibility index (Phi) is 4.96. The zero-order valence-electron chi connectivity index (χ0n) is 13.1. The van der Waals surface area contributed by atoms with E-state index in [4.69, 9.17) is 0 Å². The van der Waals surface area contributed by atoms with Crippen LogP contribution >= 0.6 is 22.7 Å². The third-order valence-electron chi connectivity index (χ3n) is 4.10. The molecule has 0 saturated heterocycles. The summed E-state index contributed by atoms with van der Waals surface area (Å²) >= 11 is 3.65. The third-order valence-corrected chi connectivity index (χ3v) is 6.03. The number of hydrogen-bond donors (Lipinski definition) is 2. The minimum absolute atomic E-state index is 0.170. The van der Waals surface area contributed by atoms with Crippen molar-refractivity contribution in [2.45, 2.75) is 26.3 Å². The molecular weight excluding hydrogens is 312 g/mol. The molecule has 5 heteroatoms. The van der Waals surface area contributed by atoms with Crippen LogP contribution in [0.5, 0.6) is 0 Å². The Balaban J connectivity index is 1.77. The highest BCUT2D eigenvalue weighted by molar-refractivity contribution is 7.10. The number of nitrogens with one attached hydrogen (secondary N) is 2. The van der Waals surface area contributed by atoms with Crippen molar-refractivity contribution >= 4 is 28.6 Å². The predicted molar refractivity (Wildman–Crippen MR) is 92.7 cm³/mol. The average molecular weight is 336 g/mol. The molecule has 1 aliphatic rings. The highest BCUT2D eigenvalue weighted by Crippen LogP contribution is 2.31. The lowest BCUT2D eigenvalue weighted by atomic mass is 9.98. The summed E-state index contributed by atoms with van der Waals surface area (Å²) in [7, 11) is 0. The minimum Gasteiger partial charge on any atom is -0.351 e.